The Kier molecular flexibility index (Phi) is 7.92. The topological polar surface area (TPSA) is 156 Å². The number of carbonyl (C=O) groups excluding carboxylic acids is 1. The summed E-state index contributed by atoms with van der Waals surface area (Å²) in [5.74, 6) is -5.64. The van der Waals surface area contributed by atoms with E-state index in [4.69, 9.17) is 31.3 Å². The van der Waals surface area contributed by atoms with Gasteiger partial charge in [-0.15, -0.1) is 0 Å². The third-order valence-electron chi connectivity index (χ3n) is 2.56. The summed E-state index contributed by atoms with van der Waals surface area (Å²) in [7, 11) is 0. The van der Waals surface area contributed by atoms with Crippen LogP contribution in [0.3, 0.4) is 0 Å². The van der Waals surface area contributed by atoms with Crippen molar-refractivity contribution >= 4 is 23.7 Å². The van der Waals surface area contributed by atoms with Crippen molar-refractivity contribution in [1.82, 2.24) is 0 Å². The van der Waals surface area contributed by atoms with Gasteiger partial charge < -0.3 is 21.7 Å². The maximum Gasteiger partial charge on any atom is 0.490 e. The lowest BCUT2D eigenvalue weighted by Crippen LogP contribution is -2.34. The van der Waals surface area contributed by atoms with Gasteiger partial charge in [-0.25, -0.2) is 9.59 Å². The fourth-order valence-corrected chi connectivity index (χ4v) is 1.37. The van der Waals surface area contributed by atoms with Crippen LogP contribution >= 0.6 is 0 Å². The van der Waals surface area contributed by atoms with E-state index in [0.717, 1.165) is 5.56 Å². The number of halogens is 6. The SMILES string of the molecule is NC1=NC(=O)c2ccccc2C1N.O=C(O)C(F)(F)F.O=C(O)C(F)(F)F. The van der Waals surface area contributed by atoms with Crippen LogP contribution in [0.2, 0.25) is 0 Å². The Morgan fingerprint density at radius 3 is 1.70 bits per heavy atom. The molecule has 1 atom stereocenters. The minimum absolute atomic E-state index is 0.184. The molecular formula is C13H11F6N3O5. The molecule has 2 rings (SSSR count). The second kappa shape index (κ2) is 8.98. The first-order chi connectivity index (χ1) is 12.1. The van der Waals surface area contributed by atoms with Crippen LogP contribution in [0.4, 0.5) is 26.3 Å². The molecule has 1 aliphatic rings. The summed E-state index contributed by atoms with van der Waals surface area (Å²) in [6, 6.07) is 6.65. The third kappa shape index (κ3) is 7.72. The number of hydrogen-bond donors (Lipinski definition) is 4. The van der Waals surface area contributed by atoms with E-state index in [1.54, 1.807) is 18.2 Å². The van der Waals surface area contributed by atoms with Crippen LogP contribution in [-0.4, -0.2) is 46.2 Å². The first-order valence-corrected chi connectivity index (χ1v) is 6.42. The maximum atomic E-state index is 11.3. The number of aliphatic carboxylic acids is 2. The van der Waals surface area contributed by atoms with E-state index in [-0.39, 0.29) is 11.7 Å². The number of alkyl halides is 6. The van der Waals surface area contributed by atoms with Gasteiger partial charge in [-0.05, 0) is 11.6 Å². The van der Waals surface area contributed by atoms with Gasteiger partial charge >= 0.3 is 24.3 Å². The van der Waals surface area contributed by atoms with E-state index in [0.29, 0.717) is 5.56 Å². The lowest BCUT2D eigenvalue weighted by atomic mass is 9.97. The number of amidine groups is 1. The fraction of sp³-hybridized carbons (Fsp3) is 0.231. The summed E-state index contributed by atoms with van der Waals surface area (Å²) < 4.78 is 63.5. The van der Waals surface area contributed by atoms with Crippen molar-refractivity contribution in [2.24, 2.45) is 16.5 Å². The van der Waals surface area contributed by atoms with Crippen molar-refractivity contribution in [3.05, 3.63) is 35.4 Å². The molecule has 0 saturated heterocycles. The number of carbonyl (C=O) groups is 3. The molecule has 1 heterocycles. The zero-order valence-electron chi connectivity index (χ0n) is 12.9. The molecule has 0 fully saturated rings. The van der Waals surface area contributed by atoms with Crippen molar-refractivity contribution in [3.8, 4) is 0 Å². The highest BCUT2D eigenvalue weighted by Gasteiger charge is 2.38. The fourth-order valence-electron chi connectivity index (χ4n) is 1.37. The number of nitrogens with zero attached hydrogens (tertiary/aromatic N) is 1. The number of aliphatic imine (C=N–C) groups is 1. The molecule has 27 heavy (non-hydrogen) atoms. The van der Waals surface area contributed by atoms with Gasteiger partial charge in [0, 0.05) is 5.56 Å². The highest BCUT2D eigenvalue weighted by molar-refractivity contribution is 6.09. The maximum absolute atomic E-state index is 11.3. The lowest BCUT2D eigenvalue weighted by Gasteiger charge is -2.18. The Bertz CT molecular complexity index is 721. The molecule has 0 aliphatic carbocycles. The number of carboxylic acid groups (broad SMARTS) is 2. The van der Waals surface area contributed by atoms with Gasteiger partial charge in [0.2, 0.25) is 0 Å². The van der Waals surface area contributed by atoms with Crippen LogP contribution in [0, 0.1) is 0 Å². The smallest absolute Gasteiger partial charge is 0.475 e. The number of nitrogens with two attached hydrogens (primary N) is 2. The molecule has 8 nitrogen and oxygen atoms in total. The van der Waals surface area contributed by atoms with Crippen LogP contribution < -0.4 is 11.5 Å². The van der Waals surface area contributed by atoms with Crippen LogP contribution in [0.25, 0.3) is 0 Å². The van der Waals surface area contributed by atoms with Gasteiger partial charge in [0.05, 0.1) is 6.04 Å². The molecule has 1 aromatic rings. The molecule has 0 bridgehead atoms. The molecule has 0 saturated carbocycles. The Morgan fingerprint density at radius 1 is 0.963 bits per heavy atom. The molecule has 6 N–H and O–H groups in total. The zero-order chi connectivity index (χ0) is 21.6. The third-order valence-corrected chi connectivity index (χ3v) is 2.56. The predicted molar refractivity (Wildman–Crippen MR) is 76.7 cm³/mol. The lowest BCUT2D eigenvalue weighted by molar-refractivity contribution is -0.193. The molecule has 0 aromatic heterocycles. The number of rotatable bonds is 0. The molecule has 0 radical (unpaired) electrons. The standard InChI is InChI=1S/C9H9N3O.2C2HF3O2/c10-7-5-3-1-2-4-6(5)9(13)12-8(7)11;2*3-2(4,5)1(6)7/h1-4,7H,10H2,(H2,11,12,13);2*(H,6,7). The van der Waals surface area contributed by atoms with Gasteiger partial charge in [-0.1, -0.05) is 18.2 Å². The van der Waals surface area contributed by atoms with E-state index in [9.17, 15) is 31.1 Å². The van der Waals surface area contributed by atoms with Gasteiger partial charge in [0.25, 0.3) is 5.91 Å². The Hall–Kier alpha value is -3.16. The summed E-state index contributed by atoms with van der Waals surface area (Å²) in [5, 5.41) is 14.2. The minimum atomic E-state index is -5.08. The van der Waals surface area contributed by atoms with E-state index in [1.165, 1.54) is 0 Å². The van der Waals surface area contributed by atoms with Gasteiger partial charge in [0.1, 0.15) is 5.84 Å². The van der Waals surface area contributed by atoms with E-state index in [2.05, 4.69) is 4.99 Å². The first-order valence-electron chi connectivity index (χ1n) is 6.42. The predicted octanol–water partition coefficient (Wildman–Crippen LogP) is 1.46. The summed E-state index contributed by atoms with van der Waals surface area (Å²) >= 11 is 0. The minimum Gasteiger partial charge on any atom is -0.475 e. The number of fused-ring (bicyclic) bond motifs is 1. The van der Waals surface area contributed by atoms with E-state index < -0.39 is 30.3 Å². The number of carboxylic acids is 2. The quantitative estimate of drug-likeness (QED) is 0.478. The Balaban J connectivity index is 0.000000416. The summed E-state index contributed by atoms with van der Waals surface area (Å²) in [5.41, 5.74) is 12.5. The summed E-state index contributed by atoms with van der Waals surface area (Å²) in [4.78, 5) is 32.7. The van der Waals surface area contributed by atoms with Crippen molar-refractivity contribution in [2.45, 2.75) is 18.4 Å². The van der Waals surface area contributed by atoms with Gasteiger partial charge in [-0.2, -0.15) is 31.3 Å². The zero-order valence-corrected chi connectivity index (χ0v) is 12.9. The average Bonchev–Trinajstić information content (AvgIpc) is 2.52. The molecule has 0 spiro atoms. The Labute approximate surface area is 146 Å². The molecule has 1 aromatic carbocycles. The van der Waals surface area contributed by atoms with Crippen LogP contribution in [0.1, 0.15) is 22.0 Å². The Morgan fingerprint density at radius 2 is 1.33 bits per heavy atom. The summed E-state index contributed by atoms with van der Waals surface area (Å²) in [6.07, 6.45) is -10.2. The molecule has 14 heteroatoms. The molecule has 1 unspecified atom stereocenters. The molecule has 150 valence electrons. The number of benzene rings is 1. The molecule has 1 amide bonds. The molecular weight excluding hydrogens is 392 g/mol. The normalized spacial score (nSPS) is 15.9. The first kappa shape index (κ1) is 23.8. The summed E-state index contributed by atoms with van der Waals surface area (Å²) in [6.45, 7) is 0. The van der Waals surface area contributed by atoms with Crippen molar-refractivity contribution in [3.63, 3.8) is 0 Å². The van der Waals surface area contributed by atoms with Gasteiger partial charge in [0.15, 0.2) is 0 Å². The number of hydrogen-bond acceptors (Lipinski definition) is 5. The highest BCUT2D eigenvalue weighted by atomic mass is 19.4. The monoisotopic (exact) mass is 403 g/mol. The van der Waals surface area contributed by atoms with Crippen LogP contribution in [-0.2, 0) is 9.59 Å². The van der Waals surface area contributed by atoms with Crippen molar-refractivity contribution in [2.75, 3.05) is 0 Å². The molecule has 1 aliphatic heterocycles. The van der Waals surface area contributed by atoms with E-state index in [1.807, 2.05) is 6.07 Å². The average molecular weight is 403 g/mol. The number of amides is 1. The van der Waals surface area contributed by atoms with Crippen LogP contribution in [0.5, 0.6) is 0 Å². The van der Waals surface area contributed by atoms with Gasteiger partial charge in [-0.3, -0.25) is 4.79 Å². The van der Waals surface area contributed by atoms with Crippen LogP contribution in [0.15, 0.2) is 29.3 Å². The van der Waals surface area contributed by atoms with Crippen molar-refractivity contribution in [1.29, 1.82) is 0 Å². The van der Waals surface area contributed by atoms with E-state index >= 15 is 0 Å². The highest BCUT2D eigenvalue weighted by Crippen LogP contribution is 2.21. The second-order valence-corrected chi connectivity index (χ2v) is 4.51. The largest absolute Gasteiger partial charge is 0.490 e. The van der Waals surface area contributed by atoms with Crippen molar-refractivity contribution < 1.29 is 50.9 Å². The second-order valence-electron chi connectivity index (χ2n) is 4.51.